The second-order valence-corrected chi connectivity index (χ2v) is 4.36. The number of rotatable bonds is 5. The van der Waals surface area contributed by atoms with Gasteiger partial charge in [0, 0.05) is 17.7 Å². The summed E-state index contributed by atoms with van der Waals surface area (Å²) in [6, 6.07) is 12.7. The van der Waals surface area contributed by atoms with Crippen molar-refractivity contribution in [3.8, 4) is 5.75 Å². The van der Waals surface area contributed by atoms with Crippen molar-refractivity contribution < 1.29 is 14.5 Å². The van der Waals surface area contributed by atoms with Crippen molar-refractivity contribution in [2.24, 2.45) is 0 Å². The summed E-state index contributed by atoms with van der Waals surface area (Å²) in [6.07, 6.45) is 0. The van der Waals surface area contributed by atoms with Crippen LogP contribution in [0.4, 0.5) is 5.69 Å². The molecular weight excluding hydrogens is 282 g/mol. The molecule has 0 atom stereocenters. The van der Waals surface area contributed by atoms with Crippen LogP contribution in [-0.2, 0) is 0 Å². The van der Waals surface area contributed by atoms with Crippen LogP contribution < -0.4 is 4.74 Å². The van der Waals surface area contributed by atoms with Crippen LogP contribution in [0.5, 0.6) is 5.75 Å². The average Bonchev–Trinajstić information content (AvgIpc) is 2.45. The number of carbonyl (C=O) groups excluding carboxylic acids is 1. The fraction of sp³-hybridized carbons (Fsp3) is 0.0714. The molecule has 0 saturated carbocycles. The molecule has 2 rings (SSSR count). The predicted octanol–water partition coefficient (Wildman–Crippen LogP) is 3.51. The normalized spacial score (nSPS) is 10.1. The van der Waals surface area contributed by atoms with Crippen LogP contribution in [0.1, 0.15) is 10.4 Å². The molecule has 0 spiro atoms. The third kappa shape index (κ3) is 3.33. The Labute approximate surface area is 119 Å². The zero-order valence-electron chi connectivity index (χ0n) is 10.3. The highest BCUT2D eigenvalue weighted by Gasteiger charge is 2.13. The van der Waals surface area contributed by atoms with E-state index in [4.69, 9.17) is 16.3 Å². The molecule has 0 aliphatic rings. The molecule has 2 aromatic carbocycles. The Kier molecular flexibility index (Phi) is 4.32. The zero-order chi connectivity index (χ0) is 14.5. The van der Waals surface area contributed by atoms with E-state index in [2.05, 4.69) is 0 Å². The van der Waals surface area contributed by atoms with Gasteiger partial charge >= 0.3 is 0 Å². The van der Waals surface area contributed by atoms with E-state index in [1.807, 2.05) is 6.07 Å². The van der Waals surface area contributed by atoms with Gasteiger partial charge in [-0.1, -0.05) is 41.9 Å². The molecule has 0 aliphatic heterocycles. The molecule has 20 heavy (non-hydrogen) atoms. The predicted molar refractivity (Wildman–Crippen MR) is 74.4 cm³/mol. The molecule has 2 aromatic rings. The summed E-state index contributed by atoms with van der Waals surface area (Å²) in [5.41, 5.74) is 0.342. The maximum atomic E-state index is 11.8. The number of Topliss-reactive ketones (excluding diaryl/α,β-unsaturated/α-hetero) is 1. The molecule has 0 fully saturated rings. The van der Waals surface area contributed by atoms with Crippen molar-refractivity contribution in [3.63, 3.8) is 0 Å². The average molecular weight is 292 g/mol. The number of nitro benzene ring substituents is 1. The van der Waals surface area contributed by atoms with Crippen molar-refractivity contribution in [2.45, 2.75) is 0 Å². The minimum Gasteiger partial charge on any atom is -0.485 e. The van der Waals surface area contributed by atoms with Crippen LogP contribution in [-0.4, -0.2) is 17.3 Å². The lowest BCUT2D eigenvalue weighted by Gasteiger charge is -2.06. The molecule has 0 radical (unpaired) electrons. The monoisotopic (exact) mass is 291 g/mol. The van der Waals surface area contributed by atoms with Gasteiger partial charge in [0.25, 0.3) is 5.69 Å². The first-order chi connectivity index (χ1) is 9.58. The standard InChI is InChI=1S/C14H10ClNO4/c15-12-8-11(6-7-13(12)16(18)19)20-9-14(17)10-4-2-1-3-5-10/h1-8H,9H2. The molecule has 0 aromatic heterocycles. The number of ether oxygens (including phenoxy) is 1. The number of hydrogen-bond donors (Lipinski definition) is 0. The van der Waals surface area contributed by atoms with Gasteiger partial charge in [-0.25, -0.2) is 0 Å². The van der Waals surface area contributed by atoms with E-state index in [1.165, 1.54) is 18.2 Å². The Hall–Kier alpha value is -2.40. The SMILES string of the molecule is O=C(COc1ccc([N+](=O)[O-])c(Cl)c1)c1ccccc1. The van der Waals surface area contributed by atoms with E-state index in [0.29, 0.717) is 11.3 Å². The van der Waals surface area contributed by atoms with E-state index < -0.39 is 4.92 Å². The van der Waals surface area contributed by atoms with E-state index in [9.17, 15) is 14.9 Å². The highest BCUT2D eigenvalue weighted by Crippen LogP contribution is 2.28. The molecule has 5 nitrogen and oxygen atoms in total. The molecule has 0 amide bonds. The molecule has 0 bridgehead atoms. The summed E-state index contributed by atoms with van der Waals surface area (Å²) in [6.45, 7) is -0.155. The lowest BCUT2D eigenvalue weighted by molar-refractivity contribution is -0.384. The van der Waals surface area contributed by atoms with Gasteiger partial charge in [0.1, 0.15) is 10.8 Å². The second kappa shape index (κ2) is 6.16. The van der Waals surface area contributed by atoms with Gasteiger partial charge in [-0.2, -0.15) is 0 Å². The van der Waals surface area contributed by atoms with Crippen molar-refractivity contribution >= 4 is 23.1 Å². The van der Waals surface area contributed by atoms with Crippen molar-refractivity contribution in [2.75, 3.05) is 6.61 Å². The Morgan fingerprint density at radius 2 is 1.90 bits per heavy atom. The number of halogens is 1. The van der Waals surface area contributed by atoms with Crippen molar-refractivity contribution in [1.82, 2.24) is 0 Å². The quantitative estimate of drug-likeness (QED) is 0.480. The van der Waals surface area contributed by atoms with E-state index in [0.717, 1.165) is 0 Å². The molecule has 0 heterocycles. The first-order valence-corrected chi connectivity index (χ1v) is 6.10. The highest BCUT2D eigenvalue weighted by atomic mass is 35.5. The first kappa shape index (κ1) is 14.0. The molecule has 0 N–H and O–H groups in total. The second-order valence-electron chi connectivity index (χ2n) is 3.95. The molecule has 0 aliphatic carbocycles. The van der Waals surface area contributed by atoms with Gasteiger partial charge < -0.3 is 4.74 Å². The van der Waals surface area contributed by atoms with Crippen LogP contribution in [0.2, 0.25) is 5.02 Å². The number of nitro groups is 1. The summed E-state index contributed by atoms with van der Waals surface area (Å²) in [4.78, 5) is 21.8. The largest absolute Gasteiger partial charge is 0.485 e. The van der Waals surface area contributed by atoms with Gasteiger partial charge in [0.05, 0.1) is 4.92 Å². The summed E-state index contributed by atoms with van der Waals surface area (Å²) in [7, 11) is 0. The lowest BCUT2D eigenvalue weighted by atomic mass is 10.1. The van der Waals surface area contributed by atoms with Crippen LogP contribution >= 0.6 is 11.6 Å². The third-order valence-corrected chi connectivity index (χ3v) is 2.88. The maximum absolute atomic E-state index is 11.8. The number of ketones is 1. The van der Waals surface area contributed by atoms with Crippen LogP contribution in [0.15, 0.2) is 48.5 Å². The molecule has 102 valence electrons. The minimum absolute atomic E-state index is 0.0281. The van der Waals surface area contributed by atoms with E-state index in [-0.39, 0.29) is 23.1 Å². The Bertz CT molecular complexity index is 643. The Balaban J connectivity index is 2.03. The summed E-state index contributed by atoms with van der Waals surface area (Å²) >= 11 is 5.75. The lowest BCUT2D eigenvalue weighted by Crippen LogP contribution is -2.11. The fourth-order valence-corrected chi connectivity index (χ4v) is 1.82. The topological polar surface area (TPSA) is 69.4 Å². The maximum Gasteiger partial charge on any atom is 0.288 e. The van der Waals surface area contributed by atoms with E-state index in [1.54, 1.807) is 24.3 Å². The van der Waals surface area contributed by atoms with Crippen molar-refractivity contribution in [1.29, 1.82) is 0 Å². The minimum atomic E-state index is -0.582. The zero-order valence-corrected chi connectivity index (χ0v) is 11.0. The number of hydrogen-bond acceptors (Lipinski definition) is 4. The summed E-state index contributed by atoms with van der Waals surface area (Å²) in [5.74, 6) is 0.130. The molecular formula is C14H10ClNO4. The Morgan fingerprint density at radius 1 is 1.20 bits per heavy atom. The summed E-state index contributed by atoms with van der Waals surface area (Å²) < 4.78 is 5.28. The van der Waals surface area contributed by atoms with Gasteiger partial charge in [-0.3, -0.25) is 14.9 Å². The van der Waals surface area contributed by atoms with Crippen LogP contribution in [0.3, 0.4) is 0 Å². The number of benzene rings is 2. The fourth-order valence-electron chi connectivity index (χ4n) is 1.58. The summed E-state index contributed by atoms with van der Waals surface area (Å²) in [5, 5.41) is 10.6. The van der Waals surface area contributed by atoms with Gasteiger partial charge in [-0.15, -0.1) is 0 Å². The highest BCUT2D eigenvalue weighted by molar-refractivity contribution is 6.32. The van der Waals surface area contributed by atoms with Gasteiger partial charge in [0.2, 0.25) is 0 Å². The molecule has 0 saturated heterocycles. The van der Waals surface area contributed by atoms with Crippen molar-refractivity contribution in [3.05, 3.63) is 69.2 Å². The third-order valence-electron chi connectivity index (χ3n) is 2.58. The van der Waals surface area contributed by atoms with Crippen LogP contribution in [0, 0.1) is 10.1 Å². The van der Waals surface area contributed by atoms with Gasteiger partial charge in [0.15, 0.2) is 12.4 Å². The Morgan fingerprint density at radius 3 is 2.50 bits per heavy atom. The number of carbonyl (C=O) groups is 1. The van der Waals surface area contributed by atoms with E-state index >= 15 is 0 Å². The molecule has 0 unspecified atom stereocenters. The smallest absolute Gasteiger partial charge is 0.288 e. The van der Waals surface area contributed by atoms with Crippen LogP contribution in [0.25, 0.3) is 0 Å². The molecule has 6 heteroatoms. The van der Waals surface area contributed by atoms with Gasteiger partial charge in [-0.05, 0) is 6.07 Å². The number of nitrogens with zero attached hydrogens (tertiary/aromatic N) is 1. The first-order valence-electron chi connectivity index (χ1n) is 5.73.